The summed E-state index contributed by atoms with van der Waals surface area (Å²) in [7, 11) is -3.95. The zero-order chi connectivity index (χ0) is 24.8. The number of ether oxygens (including phenoxy) is 1. The number of thiazole rings is 1. The van der Waals surface area contributed by atoms with Crippen LogP contribution in [-0.2, 0) is 39.1 Å². The number of anilines is 1. The molecule has 18 heteroatoms. The Morgan fingerprint density at radius 1 is 1.38 bits per heavy atom. The Morgan fingerprint density at radius 3 is 2.62 bits per heavy atom. The number of alkyl halides is 1. The Bertz CT molecular complexity index is 1070. The van der Waals surface area contributed by atoms with Crippen LogP contribution in [0.2, 0.25) is 0 Å². The second-order valence-corrected chi connectivity index (χ2v) is 8.79. The van der Waals surface area contributed by atoms with Gasteiger partial charge in [0.2, 0.25) is 5.91 Å². The molecule has 2 unspecified atom stereocenters. The average molecular weight is 550 g/mol. The molecular weight excluding hydrogens is 529 g/mol. The number of halogens is 1. The summed E-state index contributed by atoms with van der Waals surface area (Å²) in [6.45, 7) is 1.78. The van der Waals surface area contributed by atoms with Crippen LogP contribution in [0.3, 0.4) is 0 Å². The number of unbranched alkanes of at least 4 members (excludes halogenated alkanes) is 1. The van der Waals surface area contributed by atoms with Crippen LogP contribution in [0.1, 0.15) is 25.5 Å². The monoisotopic (exact) mass is 549 g/mol. The van der Waals surface area contributed by atoms with Crippen LogP contribution in [0.4, 0.5) is 5.13 Å². The van der Waals surface area contributed by atoms with Crippen molar-refractivity contribution in [3.05, 3.63) is 11.1 Å². The van der Waals surface area contributed by atoms with E-state index in [0.29, 0.717) is 12.8 Å². The number of nitrogens with one attached hydrogen (secondary N) is 2. The van der Waals surface area contributed by atoms with E-state index in [1.165, 1.54) is 5.38 Å². The molecule has 1 fully saturated rings. The number of carbonyl (C=O) groups is 4. The summed E-state index contributed by atoms with van der Waals surface area (Å²) in [6, 6.07) is -3.48. The first-order valence-corrected chi connectivity index (χ1v) is 12.1. The van der Waals surface area contributed by atoms with Crippen molar-refractivity contribution in [2.24, 2.45) is 5.16 Å². The third-order valence-electron chi connectivity index (χ3n) is 4.08. The van der Waals surface area contributed by atoms with Gasteiger partial charge in [-0.15, -0.1) is 22.9 Å². The summed E-state index contributed by atoms with van der Waals surface area (Å²) < 4.78 is 37.2. The van der Waals surface area contributed by atoms with E-state index in [1.807, 2.05) is 6.92 Å². The van der Waals surface area contributed by atoms with Gasteiger partial charge in [0.1, 0.15) is 24.7 Å². The molecule has 2 atom stereocenters. The van der Waals surface area contributed by atoms with Gasteiger partial charge in [0.15, 0.2) is 16.9 Å². The first-order valence-electron chi connectivity index (χ1n) is 9.26. The molecule has 2 heterocycles. The molecule has 34 heavy (non-hydrogen) atoms. The van der Waals surface area contributed by atoms with Gasteiger partial charge >= 0.3 is 45.8 Å². The van der Waals surface area contributed by atoms with Gasteiger partial charge in [-0.1, -0.05) is 18.5 Å². The van der Waals surface area contributed by atoms with Crippen molar-refractivity contribution in [2.45, 2.75) is 31.8 Å². The van der Waals surface area contributed by atoms with E-state index in [9.17, 15) is 32.1 Å². The fourth-order valence-electron chi connectivity index (χ4n) is 2.59. The Kier molecular flexibility index (Phi) is 11.8. The van der Waals surface area contributed by atoms with Gasteiger partial charge in [-0.3, -0.25) is 18.9 Å². The standard InChI is InChI=1S/C16H20ClN5O9S2.Na.H/c1-3-4-5-31-15(26)12-11(14(25)22(12)33(27,28)29)20-13(24)10(21-30-2)8-7-32-16(18-8)19-9(23)6-17;;/h7,11-12H,3-6H2,1-2H3,(H,20,24)(H,18,19,23)(H,27,28,29);;/b21-10-;;. The molecule has 1 aromatic rings. The number of β-lactam (4-membered cyclic amide) rings is 1. The number of hydrogen-bond acceptors (Lipinski definition) is 11. The van der Waals surface area contributed by atoms with Crippen LogP contribution in [-0.4, -0.2) is 113 Å². The van der Waals surface area contributed by atoms with Crippen molar-refractivity contribution in [1.29, 1.82) is 0 Å². The third kappa shape index (κ3) is 7.34. The van der Waals surface area contributed by atoms with Crippen LogP contribution in [0.25, 0.3) is 0 Å². The number of esters is 1. The molecule has 0 bridgehead atoms. The number of rotatable bonds is 11. The van der Waals surface area contributed by atoms with Gasteiger partial charge in [0.05, 0.1) is 6.61 Å². The number of carbonyl (C=O) groups excluding carboxylic acids is 4. The van der Waals surface area contributed by atoms with E-state index in [0.717, 1.165) is 18.4 Å². The molecule has 0 aromatic carbocycles. The Labute approximate surface area is 225 Å². The first kappa shape index (κ1) is 30.2. The summed E-state index contributed by atoms with van der Waals surface area (Å²) in [6.07, 6.45) is 1.16. The quantitative estimate of drug-likeness (QED) is 0.0444. The van der Waals surface area contributed by atoms with Gasteiger partial charge in [-0.2, -0.15) is 12.7 Å². The van der Waals surface area contributed by atoms with E-state index in [1.54, 1.807) is 0 Å². The van der Waals surface area contributed by atoms with Gasteiger partial charge < -0.3 is 20.2 Å². The number of hydrogen-bond donors (Lipinski definition) is 3. The molecule has 0 spiro atoms. The van der Waals surface area contributed by atoms with Gasteiger partial charge in [0, 0.05) is 5.38 Å². The number of nitrogens with zero attached hydrogens (tertiary/aromatic N) is 3. The number of amides is 3. The second kappa shape index (κ2) is 13.3. The van der Waals surface area contributed by atoms with E-state index in [-0.39, 0.29) is 57.2 Å². The summed E-state index contributed by atoms with van der Waals surface area (Å²) >= 11 is 6.36. The van der Waals surface area contributed by atoms with Crippen molar-refractivity contribution in [3.8, 4) is 0 Å². The van der Waals surface area contributed by atoms with Crippen LogP contribution in [0.15, 0.2) is 10.5 Å². The van der Waals surface area contributed by atoms with Crippen molar-refractivity contribution in [1.82, 2.24) is 14.6 Å². The molecular formula is C16H21ClN5NaO9S2. The summed E-state index contributed by atoms with van der Waals surface area (Å²) in [4.78, 5) is 57.4. The first-order chi connectivity index (χ1) is 15.5. The molecule has 0 radical (unpaired) electrons. The molecule has 0 saturated carbocycles. The zero-order valence-corrected chi connectivity index (χ0v) is 19.7. The van der Waals surface area contributed by atoms with Crippen LogP contribution in [0, 0.1) is 0 Å². The molecule has 1 aromatic heterocycles. The van der Waals surface area contributed by atoms with E-state index in [4.69, 9.17) is 16.3 Å². The predicted molar refractivity (Wildman–Crippen MR) is 122 cm³/mol. The fourth-order valence-corrected chi connectivity index (χ4v) is 4.21. The van der Waals surface area contributed by atoms with Gasteiger partial charge in [-0.05, 0) is 6.42 Å². The SMILES string of the molecule is CCCCOC(=O)C1C(NC(=O)/C(=N\OC)c2csc(NC(=O)CCl)n2)C(=O)N1S(=O)(=O)O.[NaH]. The zero-order valence-electron chi connectivity index (χ0n) is 17.3. The third-order valence-corrected chi connectivity index (χ3v) is 5.99. The second-order valence-electron chi connectivity index (χ2n) is 6.37. The van der Waals surface area contributed by atoms with Crippen molar-refractivity contribution < 1.29 is 41.7 Å². The molecule has 2 rings (SSSR count). The fraction of sp³-hybridized carbons (Fsp3) is 0.500. The molecule has 0 aliphatic carbocycles. The maximum absolute atomic E-state index is 12.8. The maximum atomic E-state index is 12.8. The Balaban J connectivity index is 0.00000578. The molecule has 3 amide bonds. The van der Waals surface area contributed by atoms with Gasteiger partial charge in [-0.25, -0.2) is 9.78 Å². The Morgan fingerprint density at radius 2 is 2.06 bits per heavy atom. The predicted octanol–water partition coefficient (Wildman–Crippen LogP) is -1.14. The molecule has 1 saturated heterocycles. The topological polar surface area (TPSA) is 194 Å². The van der Waals surface area contributed by atoms with Gasteiger partial charge in [0.25, 0.3) is 11.8 Å². The van der Waals surface area contributed by atoms with Crippen LogP contribution < -0.4 is 10.6 Å². The summed E-state index contributed by atoms with van der Waals surface area (Å²) in [5.74, 6) is -4.29. The molecule has 184 valence electrons. The molecule has 1 aliphatic rings. The number of aromatic nitrogens is 1. The number of oxime groups is 1. The minimum atomic E-state index is -5.09. The molecule has 14 nitrogen and oxygen atoms in total. The minimum absolute atomic E-state index is 0. The van der Waals surface area contributed by atoms with Crippen molar-refractivity contribution >= 4 is 97.3 Å². The average Bonchev–Trinajstić information content (AvgIpc) is 3.20. The van der Waals surface area contributed by atoms with E-state index in [2.05, 4.69) is 25.6 Å². The molecule has 3 N–H and O–H groups in total. The van der Waals surface area contributed by atoms with E-state index < -0.39 is 51.8 Å². The van der Waals surface area contributed by atoms with Crippen LogP contribution in [0.5, 0.6) is 0 Å². The summed E-state index contributed by atoms with van der Waals surface area (Å²) in [5, 5.41) is 9.55. The Hall–Kier alpha value is -1.82. The van der Waals surface area contributed by atoms with Crippen molar-refractivity contribution in [3.63, 3.8) is 0 Å². The summed E-state index contributed by atoms with van der Waals surface area (Å²) in [5.41, 5.74) is -0.485. The van der Waals surface area contributed by atoms with E-state index >= 15 is 0 Å². The van der Waals surface area contributed by atoms with Crippen LogP contribution >= 0.6 is 22.9 Å². The normalized spacial score (nSPS) is 17.8. The van der Waals surface area contributed by atoms with Crippen molar-refractivity contribution in [2.75, 3.05) is 24.9 Å². The molecule has 1 aliphatic heterocycles.